The highest BCUT2D eigenvalue weighted by molar-refractivity contribution is 5.77. The van der Waals surface area contributed by atoms with Gasteiger partial charge in [-0.15, -0.1) is 0 Å². The third-order valence-corrected chi connectivity index (χ3v) is 4.93. The average Bonchev–Trinajstić information content (AvgIpc) is 3.06. The molecule has 2 aliphatic carbocycles. The summed E-state index contributed by atoms with van der Waals surface area (Å²) >= 11 is 0. The number of nitrogens with zero attached hydrogens (tertiary/aromatic N) is 1. The molecule has 3 N–H and O–H groups in total. The second kappa shape index (κ2) is 4.33. The molecule has 20 heavy (non-hydrogen) atoms. The molecule has 0 amide bonds. The van der Waals surface area contributed by atoms with Crippen LogP contribution in [-0.4, -0.2) is 10.2 Å². The van der Waals surface area contributed by atoms with E-state index in [0.717, 1.165) is 28.7 Å². The molecule has 3 nitrogen and oxygen atoms in total. The van der Waals surface area contributed by atoms with E-state index < -0.39 is 0 Å². The molecule has 2 atom stereocenters. The first-order valence-corrected chi connectivity index (χ1v) is 7.35. The van der Waals surface area contributed by atoms with Crippen LogP contribution in [0.1, 0.15) is 37.3 Å². The summed E-state index contributed by atoms with van der Waals surface area (Å²) in [6, 6.07) is 6.62. The monoisotopic (exact) mass is 271 g/mol. The number of hydrogen-bond donors (Lipinski definition) is 2. The van der Waals surface area contributed by atoms with Crippen molar-refractivity contribution in [1.29, 1.82) is 0 Å². The van der Waals surface area contributed by atoms with Crippen LogP contribution in [0.5, 0.6) is 0 Å². The molecule has 1 aromatic carbocycles. The fraction of sp³-hybridized carbons (Fsp3) is 0.438. The fourth-order valence-corrected chi connectivity index (χ4v) is 3.98. The minimum absolute atomic E-state index is 0.234. The van der Waals surface area contributed by atoms with E-state index in [0.29, 0.717) is 11.7 Å². The molecule has 2 aromatic rings. The van der Waals surface area contributed by atoms with E-state index in [9.17, 15) is 4.39 Å². The number of nitrogen functional groups attached to an aromatic ring is 1. The van der Waals surface area contributed by atoms with Gasteiger partial charge in [-0.25, -0.2) is 4.39 Å². The van der Waals surface area contributed by atoms with E-state index in [1.807, 2.05) is 6.07 Å². The van der Waals surface area contributed by atoms with Gasteiger partial charge in [-0.05, 0) is 42.4 Å². The number of anilines is 1. The third-order valence-electron chi connectivity index (χ3n) is 4.93. The molecule has 0 bridgehead atoms. The molecule has 1 aromatic heterocycles. The van der Waals surface area contributed by atoms with Crippen LogP contribution in [-0.2, 0) is 0 Å². The number of hydrogen-bond acceptors (Lipinski definition) is 2. The van der Waals surface area contributed by atoms with Crippen LogP contribution in [0.4, 0.5) is 10.2 Å². The molecule has 4 heteroatoms. The quantitative estimate of drug-likeness (QED) is 0.875. The van der Waals surface area contributed by atoms with Gasteiger partial charge >= 0.3 is 0 Å². The Hall–Kier alpha value is -1.84. The van der Waals surface area contributed by atoms with E-state index >= 15 is 0 Å². The number of aromatic nitrogens is 2. The standard InChI is InChI=1S/C16H18FN3/c17-10-5-3-4-9(8-10)13-15(19-20-16(13)18)14-11-6-1-2-7-12(11)14/h3-5,8,11-12,14H,1-2,6-7H2,(H3,18,19,20). The van der Waals surface area contributed by atoms with Gasteiger partial charge in [0.1, 0.15) is 5.82 Å². The molecule has 2 fully saturated rings. The topological polar surface area (TPSA) is 54.7 Å². The summed E-state index contributed by atoms with van der Waals surface area (Å²) in [6.45, 7) is 0. The van der Waals surface area contributed by atoms with Crippen LogP contribution in [0.15, 0.2) is 24.3 Å². The van der Waals surface area contributed by atoms with Crippen molar-refractivity contribution < 1.29 is 4.39 Å². The van der Waals surface area contributed by atoms with Gasteiger partial charge in [0.05, 0.1) is 0 Å². The van der Waals surface area contributed by atoms with Gasteiger partial charge in [-0.2, -0.15) is 5.10 Å². The Labute approximate surface area is 117 Å². The number of aromatic amines is 1. The summed E-state index contributed by atoms with van der Waals surface area (Å²) in [5.41, 5.74) is 8.86. The Kier molecular flexibility index (Phi) is 2.59. The van der Waals surface area contributed by atoms with Gasteiger partial charge in [0.2, 0.25) is 0 Å². The van der Waals surface area contributed by atoms with E-state index in [-0.39, 0.29) is 5.82 Å². The second-order valence-electron chi connectivity index (χ2n) is 6.05. The Morgan fingerprint density at radius 1 is 1.20 bits per heavy atom. The van der Waals surface area contributed by atoms with Crippen molar-refractivity contribution >= 4 is 5.82 Å². The van der Waals surface area contributed by atoms with Crippen molar-refractivity contribution in [3.05, 3.63) is 35.8 Å². The van der Waals surface area contributed by atoms with E-state index in [4.69, 9.17) is 5.73 Å². The zero-order valence-electron chi connectivity index (χ0n) is 11.3. The lowest BCUT2D eigenvalue weighted by atomic mass is 10.0. The van der Waals surface area contributed by atoms with Gasteiger partial charge < -0.3 is 5.73 Å². The van der Waals surface area contributed by atoms with Crippen molar-refractivity contribution in [2.24, 2.45) is 11.8 Å². The van der Waals surface area contributed by atoms with Crippen molar-refractivity contribution in [3.8, 4) is 11.1 Å². The summed E-state index contributed by atoms with van der Waals surface area (Å²) in [5, 5.41) is 7.28. The minimum atomic E-state index is -0.234. The smallest absolute Gasteiger partial charge is 0.153 e. The molecule has 0 saturated heterocycles. The summed E-state index contributed by atoms with van der Waals surface area (Å²) in [6.07, 6.45) is 5.26. The zero-order chi connectivity index (χ0) is 13.7. The Morgan fingerprint density at radius 3 is 2.65 bits per heavy atom. The van der Waals surface area contributed by atoms with Crippen LogP contribution >= 0.6 is 0 Å². The average molecular weight is 271 g/mol. The number of nitrogens with one attached hydrogen (secondary N) is 1. The van der Waals surface area contributed by atoms with Crippen molar-refractivity contribution in [2.45, 2.75) is 31.6 Å². The van der Waals surface area contributed by atoms with E-state index in [1.54, 1.807) is 6.07 Å². The summed E-state index contributed by atoms with van der Waals surface area (Å²) in [7, 11) is 0. The fourth-order valence-electron chi connectivity index (χ4n) is 3.98. The molecule has 0 spiro atoms. The Bertz CT molecular complexity index is 637. The van der Waals surface area contributed by atoms with Gasteiger partial charge in [0, 0.05) is 17.2 Å². The molecule has 104 valence electrons. The largest absolute Gasteiger partial charge is 0.382 e. The molecule has 1 heterocycles. The number of nitrogens with two attached hydrogens (primary N) is 1. The van der Waals surface area contributed by atoms with Crippen LogP contribution < -0.4 is 5.73 Å². The van der Waals surface area contributed by atoms with E-state index in [2.05, 4.69) is 10.2 Å². The van der Waals surface area contributed by atoms with Crippen molar-refractivity contribution in [2.75, 3.05) is 5.73 Å². The second-order valence-corrected chi connectivity index (χ2v) is 6.05. The summed E-state index contributed by atoms with van der Waals surface area (Å²) in [5.74, 6) is 2.34. The first kappa shape index (κ1) is 11.9. The normalized spacial score (nSPS) is 28.1. The van der Waals surface area contributed by atoms with Gasteiger partial charge in [-0.1, -0.05) is 25.0 Å². The summed E-state index contributed by atoms with van der Waals surface area (Å²) < 4.78 is 13.5. The third kappa shape index (κ3) is 1.74. The molecular weight excluding hydrogens is 253 g/mol. The number of rotatable bonds is 2. The summed E-state index contributed by atoms with van der Waals surface area (Å²) in [4.78, 5) is 0. The molecule has 2 aliphatic rings. The lowest BCUT2D eigenvalue weighted by molar-refractivity contribution is 0.480. The lowest BCUT2D eigenvalue weighted by Gasteiger charge is -2.04. The van der Waals surface area contributed by atoms with Crippen LogP contribution in [0.2, 0.25) is 0 Å². The maximum atomic E-state index is 13.5. The Balaban J connectivity index is 1.75. The SMILES string of the molecule is Nc1n[nH]c(C2C3CCCCC32)c1-c1cccc(F)c1. The first-order chi connectivity index (χ1) is 9.75. The Morgan fingerprint density at radius 2 is 1.95 bits per heavy atom. The van der Waals surface area contributed by atoms with Crippen LogP contribution in [0.3, 0.4) is 0 Å². The van der Waals surface area contributed by atoms with Crippen LogP contribution in [0.25, 0.3) is 11.1 Å². The van der Waals surface area contributed by atoms with Crippen LogP contribution in [0, 0.1) is 17.7 Å². The lowest BCUT2D eigenvalue weighted by Crippen LogP contribution is -1.91. The number of halogens is 1. The predicted octanol–water partition coefficient (Wildman–Crippen LogP) is 3.70. The maximum Gasteiger partial charge on any atom is 0.153 e. The van der Waals surface area contributed by atoms with Gasteiger partial charge in [0.25, 0.3) is 0 Å². The predicted molar refractivity (Wildman–Crippen MR) is 76.6 cm³/mol. The van der Waals surface area contributed by atoms with Crippen molar-refractivity contribution in [3.63, 3.8) is 0 Å². The molecule has 0 radical (unpaired) electrons. The zero-order valence-corrected chi connectivity index (χ0v) is 11.3. The van der Waals surface area contributed by atoms with Gasteiger partial charge in [-0.3, -0.25) is 5.10 Å². The highest BCUT2D eigenvalue weighted by Gasteiger charge is 2.53. The number of benzene rings is 1. The van der Waals surface area contributed by atoms with Crippen molar-refractivity contribution in [1.82, 2.24) is 10.2 Å². The first-order valence-electron chi connectivity index (χ1n) is 7.35. The molecule has 0 aliphatic heterocycles. The minimum Gasteiger partial charge on any atom is -0.382 e. The number of H-pyrrole nitrogens is 1. The highest BCUT2D eigenvalue weighted by atomic mass is 19.1. The van der Waals surface area contributed by atoms with Gasteiger partial charge in [0.15, 0.2) is 5.82 Å². The number of fused-ring (bicyclic) bond motifs is 1. The molecule has 4 rings (SSSR count). The maximum absolute atomic E-state index is 13.5. The van der Waals surface area contributed by atoms with E-state index in [1.165, 1.54) is 37.8 Å². The molecular formula is C16H18FN3. The molecule has 2 saturated carbocycles. The highest BCUT2D eigenvalue weighted by Crippen LogP contribution is 2.62. The molecule has 2 unspecified atom stereocenters.